The number of Topliss-reactive ketones (excluding diaryl/α,β-unsaturated/α-hetero) is 1. The maximum Gasteiger partial charge on any atom is 0.228 e. The Labute approximate surface area is 188 Å². The normalized spacial score (nSPS) is 29.2. The Bertz CT molecular complexity index is 1170. The van der Waals surface area contributed by atoms with Crippen LogP contribution in [0.15, 0.2) is 48.5 Å². The highest BCUT2D eigenvalue weighted by atomic mass is 16.2. The summed E-state index contributed by atoms with van der Waals surface area (Å²) in [7, 11) is 0. The van der Waals surface area contributed by atoms with Gasteiger partial charge in [-0.1, -0.05) is 36.4 Å². The molecule has 2 fully saturated rings. The van der Waals surface area contributed by atoms with Crippen LogP contribution in [0.3, 0.4) is 0 Å². The summed E-state index contributed by atoms with van der Waals surface area (Å²) in [5.41, 5.74) is 4.56. The summed E-state index contributed by atoms with van der Waals surface area (Å²) in [5, 5.41) is 4.20. The van der Waals surface area contributed by atoms with Crippen molar-refractivity contribution in [3.63, 3.8) is 0 Å². The molecule has 0 spiro atoms. The number of amides is 1. The summed E-state index contributed by atoms with van der Waals surface area (Å²) in [6, 6.07) is 16.3. The monoisotopic (exact) mass is 426 g/mol. The minimum absolute atomic E-state index is 0.0697. The zero-order valence-corrected chi connectivity index (χ0v) is 18.6. The Morgan fingerprint density at radius 2 is 1.81 bits per heavy atom. The van der Waals surface area contributed by atoms with Crippen LogP contribution in [-0.4, -0.2) is 16.7 Å². The van der Waals surface area contributed by atoms with Crippen LogP contribution in [0.1, 0.15) is 53.6 Å². The summed E-state index contributed by atoms with van der Waals surface area (Å²) in [4.78, 5) is 29.4. The Morgan fingerprint density at radius 1 is 1.00 bits per heavy atom. The molecule has 4 nitrogen and oxygen atoms in total. The number of rotatable bonds is 3. The molecule has 0 aliphatic heterocycles. The predicted octanol–water partition coefficient (Wildman–Crippen LogP) is 5.91. The number of aromatic nitrogens is 1. The second-order valence-corrected chi connectivity index (χ2v) is 10.1. The number of benzene rings is 2. The number of para-hydroxylation sites is 1. The van der Waals surface area contributed by atoms with Crippen molar-refractivity contribution < 1.29 is 9.59 Å². The zero-order valence-electron chi connectivity index (χ0n) is 18.6. The van der Waals surface area contributed by atoms with Crippen molar-refractivity contribution in [3.8, 4) is 0 Å². The van der Waals surface area contributed by atoms with E-state index in [0.717, 1.165) is 60.8 Å². The maximum atomic E-state index is 13.3. The third-order valence-corrected chi connectivity index (χ3v) is 8.41. The molecule has 0 bridgehead atoms. The third kappa shape index (κ3) is 3.28. The third-order valence-electron chi connectivity index (χ3n) is 8.41. The lowest BCUT2D eigenvalue weighted by Gasteiger charge is -2.28. The van der Waals surface area contributed by atoms with Crippen molar-refractivity contribution in [3.05, 3.63) is 65.2 Å². The highest BCUT2D eigenvalue weighted by Crippen LogP contribution is 2.59. The standard InChI is InChI=1S/C28H30N2O2/c1-16-5-4-7-21-20(16)13-14-22-25(26(22)27(21)31)17-9-11-18(12-10-17)28(32)30-24-15-19-6-2-3-8-23(19)29-24/h2-8,15,17-18,22,25-26,29H,9-14H2,1H3,(H,30,32). The maximum absolute atomic E-state index is 13.3. The Hall–Kier alpha value is -2.88. The van der Waals surface area contributed by atoms with Gasteiger partial charge in [0.1, 0.15) is 5.82 Å². The smallest absolute Gasteiger partial charge is 0.228 e. The second kappa shape index (κ2) is 7.61. The molecule has 2 N–H and O–H groups in total. The topological polar surface area (TPSA) is 62.0 Å². The van der Waals surface area contributed by atoms with Crippen molar-refractivity contribution in [2.75, 3.05) is 5.32 Å². The number of anilines is 1. The lowest BCUT2D eigenvalue weighted by Crippen LogP contribution is -2.28. The van der Waals surface area contributed by atoms with Crippen molar-refractivity contribution in [1.29, 1.82) is 0 Å². The summed E-state index contributed by atoms with van der Waals surface area (Å²) in [6.07, 6.45) is 6.16. The van der Waals surface area contributed by atoms with Crippen LogP contribution < -0.4 is 5.32 Å². The average molecular weight is 427 g/mol. The zero-order chi connectivity index (χ0) is 21.8. The minimum Gasteiger partial charge on any atom is -0.341 e. The van der Waals surface area contributed by atoms with E-state index in [1.165, 1.54) is 11.1 Å². The van der Waals surface area contributed by atoms with E-state index in [2.05, 4.69) is 23.3 Å². The molecule has 32 heavy (non-hydrogen) atoms. The van der Waals surface area contributed by atoms with Gasteiger partial charge in [0, 0.05) is 28.3 Å². The van der Waals surface area contributed by atoms with Gasteiger partial charge in [0.2, 0.25) is 5.91 Å². The fourth-order valence-corrected chi connectivity index (χ4v) is 6.68. The lowest BCUT2D eigenvalue weighted by molar-refractivity contribution is -0.121. The molecular formula is C28H30N2O2. The van der Waals surface area contributed by atoms with Crippen LogP contribution in [0, 0.1) is 36.5 Å². The van der Waals surface area contributed by atoms with Crippen LogP contribution in [0.2, 0.25) is 0 Å². The van der Waals surface area contributed by atoms with E-state index in [9.17, 15) is 9.59 Å². The predicted molar refractivity (Wildman–Crippen MR) is 127 cm³/mol. The number of nitrogens with one attached hydrogen (secondary N) is 2. The molecule has 6 rings (SSSR count). The van der Waals surface area contributed by atoms with Gasteiger partial charge < -0.3 is 10.3 Å². The van der Waals surface area contributed by atoms with Gasteiger partial charge in [0.25, 0.3) is 0 Å². The molecule has 4 heteroatoms. The van der Waals surface area contributed by atoms with E-state index in [1.807, 2.05) is 42.5 Å². The number of hydrogen-bond acceptors (Lipinski definition) is 2. The van der Waals surface area contributed by atoms with Gasteiger partial charge in [-0.2, -0.15) is 0 Å². The summed E-state index contributed by atoms with van der Waals surface area (Å²) in [6.45, 7) is 2.13. The van der Waals surface area contributed by atoms with Crippen molar-refractivity contribution in [1.82, 2.24) is 4.98 Å². The highest BCUT2D eigenvalue weighted by Gasteiger charge is 2.58. The lowest BCUT2D eigenvalue weighted by atomic mass is 9.77. The molecule has 2 saturated carbocycles. The Balaban J connectivity index is 1.08. The van der Waals surface area contributed by atoms with Crippen molar-refractivity contribution >= 4 is 28.4 Å². The summed E-state index contributed by atoms with van der Waals surface area (Å²) >= 11 is 0. The molecule has 2 aromatic carbocycles. The molecule has 0 saturated heterocycles. The minimum atomic E-state index is 0.0697. The molecule has 3 aliphatic carbocycles. The highest BCUT2D eigenvalue weighted by molar-refractivity contribution is 6.02. The molecular weight excluding hydrogens is 396 g/mol. The van der Waals surface area contributed by atoms with Crippen LogP contribution in [0.5, 0.6) is 0 Å². The van der Waals surface area contributed by atoms with E-state index in [4.69, 9.17) is 0 Å². The largest absolute Gasteiger partial charge is 0.341 e. The fraction of sp³-hybridized carbons (Fsp3) is 0.429. The first-order chi connectivity index (χ1) is 15.6. The number of ketones is 1. The van der Waals surface area contributed by atoms with Crippen LogP contribution >= 0.6 is 0 Å². The van der Waals surface area contributed by atoms with E-state index in [0.29, 0.717) is 23.5 Å². The van der Waals surface area contributed by atoms with Crippen LogP contribution in [0.4, 0.5) is 5.82 Å². The van der Waals surface area contributed by atoms with Gasteiger partial charge in [-0.25, -0.2) is 0 Å². The molecule has 3 atom stereocenters. The SMILES string of the molecule is Cc1cccc2c1CCC1C(C2=O)C1C1CCC(C(=O)Nc2cc3ccccc3[nH]2)CC1. The molecule has 1 heterocycles. The average Bonchev–Trinajstić information content (AvgIpc) is 3.41. The first kappa shape index (κ1) is 19.8. The first-order valence-electron chi connectivity index (χ1n) is 12.1. The van der Waals surface area contributed by atoms with Gasteiger partial charge in [0.05, 0.1) is 0 Å². The number of H-pyrrole nitrogens is 1. The van der Waals surface area contributed by atoms with Gasteiger partial charge >= 0.3 is 0 Å². The van der Waals surface area contributed by atoms with Gasteiger partial charge in [0.15, 0.2) is 5.78 Å². The number of hydrogen-bond donors (Lipinski definition) is 2. The van der Waals surface area contributed by atoms with Gasteiger partial charge in [-0.05, 0) is 86.5 Å². The number of fused-ring (bicyclic) bond motifs is 3. The van der Waals surface area contributed by atoms with E-state index in [1.54, 1.807) is 0 Å². The summed E-state index contributed by atoms with van der Waals surface area (Å²) < 4.78 is 0. The van der Waals surface area contributed by atoms with Crippen LogP contribution in [0.25, 0.3) is 10.9 Å². The number of aromatic amines is 1. The van der Waals surface area contributed by atoms with Crippen LogP contribution in [-0.2, 0) is 11.2 Å². The van der Waals surface area contributed by atoms with E-state index in [-0.39, 0.29) is 17.7 Å². The molecule has 3 unspecified atom stereocenters. The Kier molecular flexibility index (Phi) is 4.71. The molecule has 0 radical (unpaired) electrons. The molecule has 3 aliphatic rings. The molecule has 3 aromatic rings. The summed E-state index contributed by atoms with van der Waals surface area (Å²) in [5.74, 6) is 3.26. The van der Waals surface area contributed by atoms with E-state index >= 15 is 0 Å². The second-order valence-electron chi connectivity index (χ2n) is 10.1. The molecule has 1 amide bonds. The number of carbonyl (C=O) groups excluding carboxylic acids is 2. The molecule has 1 aromatic heterocycles. The number of aryl methyl sites for hydroxylation is 1. The quantitative estimate of drug-likeness (QED) is 0.547. The fourth-order valence-electron chi connectivity index (χ4n) is 6.68. The first-order valence-corrected chi connectivity index (χ1v) is 12.1. The van der Waals surface area contributed by atoms with E-state index < -0.39 is 0 Å². The molecule has 164 valence electrons. The van der Waals surface area contributed by atoms with Crippen molar-refractivity contribution in [2.24, 2.45) is 29.6 Å². The van der Waals surface area contributed by atoms with Gasteiger partial charge in [-0.15, -0.1) is 0 Å². The Morgan fingerprint density at radius 3 is 2.62 bits per heavy atom. The number of carbonyl (C=O) groups is 2. The van der Waals surface area contributed by atoms with Crippen molar-refractivity contribution in [2.45, 2.75) is 45.4 Å². The van der Waals surface area contributed by atoms with Gasteiger partial charge in [-0.3, -0.25) is 9.59 Å².